The lowest BCUT2D eigenvalue weighted by atomic mass is 10.2. The molecule has 6 nitrogen and oxygen atoms in total. The molecule has 96 valence electrons. The van der Waals surface area contributed by atoms with E-state index in [-0.39, 0.29) is 17.8 Å². The fourth-order valence-electron chi connectivity index (χ4n) is 2.14. The Morgan fingerprint density at radius 2 is 2.17 bits per heavy atom. The van der Waals surface area contributed by atoms with Gasteiger partial charge in [-0.05, 0) is 19.4 Å². The van der Waals surface area contributed by atoms with Gasteiger partial charge in [0.05, 0.1) is 11.1 Å². The van der Waals surface area contributed by atoms with Gasteiger partial charge in [0.2, 0.25) is 5.91 Å². The van der Waals surface area contributed by atoms with Crippen LogP contribution in [-0.2, 0) is 4.79 Å². The highest BCUT2D eigenvalue weighted by atomic mass is 16.6. The van der Waals surface area contributed by atoms with E-state index in [1.54, 1.807) is 23.1 Å². The number of benzene rings is 1. The topological polar surface area (TPSA) is 75.5 Å². The molecule has 0 unspecified atom stereocenters. The third kappa shape index (κ3) is 2.42. The largest absolute Gasteiger partial charge is 0.360 e. The number of nitro groups is 1. The first-order valence-corrected chi connectivity index (χ1v) is 5.89. The van der Waals surface area contributed by atoms with Gasteiger partial charge in [0.15, 0.2) is 0 Å². The third-order valence-electron chi connectivity index (χ3n) is 3.04. The van der Waals surface area contributed by atoms with Crippen molar-refractivity contribution in [2.24, 2.45) is 0 Å². The normalized spacial score (nSPS) is 16.7. The van der Waals surface area contributed by atoms with Gasteiger partial charge in [-0.2, -0.15) is 0 Å². The number of hydrogen-bond acceptors (Lipinski definition) is 4. The first-order valence-electron chi connectivity index (χ1n) is 5.89. The number of likely N-dealkylation sites (tertiary alicyclic amines) is 1. The van der Waals surface area contributed by atoms with Crippen LogP contribution in [0.2, 0.25) is 0 Å². The van der Waals surface area contributed by atoms with E-state index in [2.05, 4.69) is 5.32 Å². The van der Waals surface area contributed by atoms with Crippen molar-refractivity contribution < 1.29 is 9.72 Å². The maximum absolute atomic E-state index is 11.6. The standard InChI is InChI=1S/C12H15N3O3/c1-9(14-8-4-7-12(14)16)13-10-5-2-3-6-11(10)15(17)18/h2-3,5-6,9,13H,4,7-8H2,1H3/t9-/m1/s1. The van der Waals surface area contributed by atoms with Crippen LogP contribution in [0.4, 0.5) is 11.4 Å². The van der Waals surface area contributed by atoms with E-state index in [9.17, 15) is 14.9 Å². The Kier molecular flexibility index (Phi) is 3.45. The Morgan fingerprint density at radius 3 is 2.78 bits per heavy atom. The molecule has 1 fully saturated rings. The summed E-state index contributed by atoms with van der Waals surface area (Å²) in [5.74, 6) is 0.0913. The van der Waals surface area contributed by atoms with Crippen molar-refractivity contribution in [1.29, 1.82) is 0 Å². The van der Waals surface area contributed by atoms with E-state index >= 15 is 0 Å². The Labute approximate surface area is 105 Å². The highest BCUT2D eigenvalue weighted by Gasteiger charge is 2.26. The minimum absolute atomic E-state index is 0.0241. The van der Waals surface area contributed by atoms with Gasteiger partial charge in [0, 0.05) is 19.0 Å². The zero-order chi connectivity index (χ0) is 13.1. The van der Waals surface area contributed by atoms with Crippen molar-refractivity contribution in [3.63, 3.8) is 0 Å². The van der Waals surface area contributed by atoms with Crippen molar-refractivity contribution >= 4 is 17.3 Å². The number of anilines is 1. The fraction of sp³-hybridized carbons (Fsp3) is 0.417. The summed E-state index contributed by atoms with van der Waals surface area (Å²) in [4.78, 5) is 23.7. The van der Waals surface area contributed by atoms with Crippen LogP contribution in [-0.4, -0.2) is 28.4 Å². The second kappa shape index (κ2) is 5.03. The molecule has 0 aliphatic carbocycles. The van der Waals surface area contributed by atoms with Gasteiger partial charge in [0.1, 0.15) is 5.69 Å². The number of nitrogens with one attached hydrogen (secondary N) is 1. The number of carbonyl (C=O) groups excluding carboxylic acids is 1. The van der Waals surface area contributed by atoms with Crippen molar-refractivity contribution in [3.05, 3.63) is 34.4 Å². The molecule has 0 aromatic heterocycles. The monoisotopic (exact) mass is 249 g/mol. The molecule has 1 aromatic rings. The van der Waals surface area contributed by atoms with Crippen molar-refractivity contribution in [2.45, 2.75) is 25.9 Å². The van der Waals surface area contributed by atoms with Crippen LogP contribution in [0.5, 0.6) is 0 Å². The van der Waals surface area contributed by atoms with Gasteiger partial charge in [-0.25, -0.2) is 0 Å². The molecular formula is C12H15N3O3. The van der Waals surface area contributed by atoms with Gasteiger partial charge in [0.25, 0.3) is 5.69 Å². The first kappa shape index (κ1) is 12.3. The third-order valence-corrected chi connectivity index (χ3v) is 3.04. The Balaban J connectivity index is 2.14. The summed E-state index contributed by atoms with van der Waals surface area (Å²) in [7, 11) is 0. The van der Waals surface area contributed by atoms with E-state index in [1.165, 1.54) is 6.07 Å². The summed E-state index contributed by atoms with van der Waals surface area (Å²) in [5.41, 5.74) is 0.464. The summed E-state index contributed by atoms with van der Waals surface area (Å²) in [6.07, 6.45) is 1.17. The Morgan fingerprint density at radius 1 is 1.44 bits per heavy atom. The number of rotatable bonds is 4. The van der Waals surface area contributed by atoms with E-state index in [4.69, 9.17) is 0 Å². The molecule has 1 atom stereocenters. The number of para-hydroxylation sites is 2. The van der Waals surface area contributed by atoms with Gasteiger partial charge < -0.3 is 10.2 Å². The lowest BCUT2D eigenvalue weighted by Gasteiger charge is -2.25. The number of nitro benzene ring substituents is 1. The van der Waals surface area contributed by atoms with Crippen LogP contribution in [0.15, 0.2) is 24.3 Å². The van der Waals surface area contributed by atoms with Crippen LogP contribution >= 0.6 is 0 Å². The summed E-state index contributed by atoms with van der Waals surface area (Å²) in [6.45, 7) is 2.54. The maximum Gasteiger partial charge on any atom is 0.292 e. The molecule has 1 heterocycles. The summed E-state index contributed by atoms with van der Waals surface area (Å²) in [5, 5.41) is 13.9. The average molecular weight is 249 g/mol. The minimum Gasteiger partial charge on any atom is -0.360 e. The average Bonchev–Trinajstić information content (AvgIpc) is 2.76. The highest BCUT2D eigenvalue weighted by molar-refractivity contribution is 5.79. The molecule has 6 heteroatoms. The molecule has 1 aliphatic heterocycles. The second-order valence-electron chi connectivity index (χ2n) is 4.29. The summed E-state index contributed by atoms with van der Waals surface area (Å²) < 4.78 is 0. The minimum atomic E-state index is -0.430. The second-order valence-corrected chi connectivity index (χ2v) is 4.29. The molecule has 0 radical (unpaired) electrons. The SMILES string of the molecule is C[C@H](Nc1ccccc1[N+](=O)[O-])N1CCCC1=O. The van der Waals surface area contributed by atoms with E-state index in [1.807, 2.05) is 6.92 Å². The van der Waals surface area contributed by atoms with Crippen LogP contribution < -0.4 is 5.32 Å². The number of carbonyl (C=O) groups is 1. The van der Waals surface area contributed by atoms with Gasteiger partial charge in [-0.3, -0.25) is 14.9 Å². The molecule has 1 aromatic carbocycles. The molecule has 2 rings (SSSR count). The van der Waals surface area contributed by atoms with Crippen LogP contribution in [0.1, 0.15) is 19.8 Å². The van der Waals surface area contributed by atoms with Crippen LogP contribution in [0.3, 0.4) is 0 Å². The molecule has 18 heavy (non-hydrogen) atoms. The maximum atomic E-state index is 11.6. The summed E-state index contributed by atoms with van der Waals surface area (Å²) >= 11 is 0. The predicted molar refractivity (Wildman–Crippen MR) is 67.1 cm³/mol. The molecule has 1 aliphatic rings. The zero-order valence-corrected chi connectivity index (χ0v) is 10.1. The van der Waals surface area contributed by atoms with Crippen molar-refractivity contribution in [1.82, 2.24) is 4.90 Å². The molecule has 0 spiro atoms. The highest BCUT2D eigenvalue weighted by Crippen LogP contribution is 2.25. The van der Waals surface area contributed by atoms with E-state index in [0.717, 1.165) is 6.42 Å². The van der Waals surface area contributed by atoms with Crippen molar-refractivity contribution in [3.8, 4) is 0 Å². The van der Waals surface area contributed by atoms with Crippen molar-refractivity contribution in [2.75, 3.05) is 11.9 Å². The van der Waals surface area contributed by atoms with Gasteiger partial charge in [-0.15, -0.1) is 0 Å². The quantitative estimate of drug-likeness (QED) is 0.654. The number of hydrogen-bond donors (Lipinski definition) is 1. The smallest absolute Gasteiger partial charge is 0.292 e. The predicted octanol–water partition coefficient (Wildman–Crippen LogP) is 1.98. The Bertz CT molecular complexity index is 475. The molecule has 0 saturated carbocycles. The number of nitrogens with zero attached hydrogens (tertiary/aromatic N) is 2. The zero-order valence-electron chi connectivity index (χ0n) is 10.1. The molecule has 1 amide bonds. The molecule has 0 bridgehead atoms. The van der Waals surface area contributed by atoms with Gasteiger partial charge in [-0.1, -0.05) is 12.1 Å². The van der Waals surface area contributed by atoms with E-state index < -0.39 is 4.92 Å². The van der Waals surface area contributed by atoms with Crippen LogP contribution in [0, 0.1) is 10.1 Å². The first-order chi connectivity index (χ1) is 8.59. The molecule has 1 N–H and O–H groups in total. The summed E-state index contributed by atoms with van der Waals surface area (Å²) in [6, 6.07) is 6.44. The lowest BCUT2D eigenvalue weighted by molar-refractivity contribution is -0.384. The lowest BCUT2D eigenvalue weighted by Crippen LogP contribution is -2.39. The number of amides is 1. The van der Waals surface area contributed by atoms with Gasteiger partial charge >= 0.3 is 0 Å². The molecule has 1 saturated heterocycles. The Hall–Kier alpha value is -2.11. The fourth-order valence-corrected chi connectivity index (χ4v) is 2.14. The van der Waals surface area contributed by atoms with E-state index in [0.29, 0.717) is 18.7 Å². The molecular weight excluding hydrogens is 234 g/mol. The van der Waals surface area contributed by atoms with Crippen LogP contribution in [0.25, 0.3) is 0 Å².